The molecule has 2 aromatic carbocycles. The summed E-state index contributed by atoms with van der Waals surface area (Å²) in [5.41, 5.74) is 4.54. The van der Waals surface area contributed by atoms with E-state index in [2.05, 4.69) is 10.4 Å². The number of para-hydroxylation sites is 1. The molecule has 0 aliphatic carbocycles. The van der Waals surface area contributed by atoms with Gasteiger partial charge in [-0.25, -0.2) is 13.8 Å². The molecule has 1 N–H and O–H groups in total. The van der Waals surface area contributed by atoms with E-state index >= 15 is 0 Å². The molecule has 5 aromatic rings. The van der Waals surface area contributed by atoms with E-state index < -0.39 is 17.5 Å². The van der Waals surface area contributed by atoms with Crippen molar-refractivity contribution in [2.45, 2.75) is 6.92 Å². The van der Waals surface area contributed by atoms with E-state index in [-0.39, 0.29) is 17.0 Å². The maximum absolute atomic E-state index is 14.2. The Bertz CT molecular complexity index is 1520. The lowest BCUT2D eigenvalue weighted by molar-refractivity contribution is 0.101. The largest absolute Gasteiger partial charge is 0.320 e. The normalized spacial score (nSPS) is 11.2. The number of aryl methyl sites for hydroxylation is 2. The molecule has 0 fully saturated rings. The number of imidazole rings is 1. The Hall–Kier alpha value is -4.33. The van der Waals surface area contributed by atoms with Gasteiger partial charge < -0.3 is 9.72 Å². The molecule has 5 rings (SSSR count). The van der Waals surface area contributed by atoms with Crippen molar-refractivity contribution in [3.05, 3.63) is 95.9 Å². The minimum absolute atomic E-state index is 0.117. The minimum atomic E-state index is -0.743. The van der Waals surface area contributed by atoms with Crippen molar-refractivity contribution in [3.8, 4) is 22.5 Å². The number of hydrogen-bond donors (Lipinski definition) is 1. The van der Waals surface area contributed by atoms with E-state index in [1.807, 2.05) is 54.0 Å². The summed E-state index contributed by atoms with van der Waals surface area (Å²) >= 11 is 0. The van der Waals surface area contributed by atoms with Gasteiger partial charge in [-0.3, -0.25) is 9.48 Å². The lowest BCUT2D eigenvalue weighted by Crippen LogP contribution is -2.16. The fourth-order valence-electron chi connectivity index (χ4n) is 3.79. The Morgan fingerprint density at radius 3 is 2.58 bits per heavy atom. The quantitative estimate of drug-likeness (QED) is 0.413. The SMILES string of the molecule is Cc1cccn2cc(-c3ccccc3NC(=O)c3cc(-c4ccc(F)cc4F)nn3C)nc12. The molecule has 3 aromatic heterocycles. The van der Waals surface area contributed by atoms with Crippen LogP contribution in [0.2, 0.25) is 0 Å². The number of aromatic nitrogens is 4. The molecule has 8 heteroatoms. The van der Waals surface area contributed by atoms with E-state index in [0.717, 1.165) is 34.6 Å². The van der Waals surface area contributed by atoms with Crippen LogP contribution in [0.4, 0.5) is 14.5 Å². The van der Waals surface area contributed by atoms with Crippen molar-refractivity contribution in [1.29, 1.82) is 0 Å². The molecule has 0 aliphatic rings. The zero-order valence-corrected chi connectivity index (χ0v) is 17.9. The summed E-state index contributed by atoms with van der Waals surface area (Å²) in [6.45, 7) is 1.99. The van der Waals surface area contributed by atoms with Crippen molar-refractivity contribution in [2.24, 2.45) is 7.05 Å². The van der Waals surface area contributed by atoms with Gasteiger partial charge in [0.25, 0.3) is 5.91 Å². The van der Waals surface area contributed by atoms with Gasteiger partial charge in [-0.2, -0.15) is 5.10 Å². The molecule has 0 atom stereocenters. The van der Waals surface area contributed by atoms with Crippen LogP contribution in [0.3, 0.4) is 0 Å². The predicted octanol–water partition coefficient (Wildman–Crippen LogP) is 5.24. The molecule has 0 saturated carbocycles. The summed E-state index contributed by atoms with van der Waals surface area (Å²) in [5.74, 6) is -1.83. The molecule has 33 heavy (non-hydrogen) atoms. The molecule has 164 valence electrons. The van der Waals surface area contributed by atoms with Crippen molar-refractivity contribution >= 4 is 17.2 Å². The summed E-state index contributed by atoms with van der Waals surface area (Å²) in [4.78, 5) is 17.8. The Kier molecular flexibility index (Phi) is 4.97. The first-order valence-corrected chi connectivity index (χ1v) is 10.3. The zero-order valence-electron chi connectivity index (χ0n) is 17.9. The third kappa shape index (κ3) is 3.76. The van der Waals surface area contributed by atoms with Crippen LogP contribution in [0.25, 0.3) is 28.2 Å². The zero-order chi connectivity index (χ0) is 23.1. The number of anilines is 1. The number of benzene rings is 2. The highest BCUT2D eigenvalue weighted by atomic mass is 19.1. The van der Waals surface area contributed by atoms with Crippen LogP contribution in [-0.4, -0.2) is 25.1 Å². The van der Waals surface area contributed by atoms with Gasteiger partial charge in [0.1, 0.15) is 23.0 Å². The Morgan fingerprint density at radius 1 is 0.970 bits per heavy atom. The third-order valence-corrected chi connectivity index (χ3v) is 5.45. The van der Waals surface area contributed by atoms with Gasteiger partial charge in [-0.05, 0) is 42.8 Å². The summed E-state index contributed by atoms with van der Waals surface area (Å²) in [6, 6.07) is 16.0. The first-order chi connectivity index (χ1) is 15.9. The highest BCUT2D eigenvalue weighted by Gasteiger charge is 2.19. The number of carbonyl (C=O) groups is 1. The van der Waals surface area contributed by atoms with Gasteiger partial charge >= 0.3 is 0 Å². The van der Waals surface area contributed by atoms with E-state index in [9.17, 15) is 13.6 Å². The van der Waals surface area contributed by atoms with Crippen molar-refractivity contribution in [3.63, 3.8) is 0 Å². The number of nitrogens with one attached hydrogen (secondary N) is 1. The van der Waals surface area contributed by atoms with Gasteiger partial charge in [-0.15, -0.1) is 0 Å². The lowest BCUT2D eigenvalue weighted by Gasteiger charge is -2.09. The topological polar surface area (TPSA) is 64.2 Å². The second-order valence-corrected chi connectivity index (χ2v) is 7.71. The maximum atomic E-state index is 14.2. The van der Waals surface area contributed by atoms with E-state index in [0.29, 0.717) is 5.69 Å². The fraction of sp³-hybridized carbons (Fsp3) is 0.0800. The van der Waals surface area contributed by atoms with Crippen molar-refractivity contribution in [2.75, 3.05) is 5.32 Å². The van der Waals surface area contributed by atoms with E-state index in [4.69, 9.17) is 4.98 Å². The van der Waals surface area contributed by atoms with E-state index in [1.54, 1.807) is 13.1 Å². The van der Waals surface area contributed by atoms with Crippen LogP contribution in [-0.2, 0) is 7.05 Å². The van der Waals surface area contributed by atoms with Gasteiger partial charge in [0, 0.05) is 36.6 Å². The number of hydrogen-bond acceptors (Lipinski definition) is 3. The molecule has 0 spiro atoms. The Labute approximate surface area is 188 Å². The molecular weight excluding hydrogens is 424 g/mol. The fourth-order valence-corrected chi connectivity index (χ4v) is 3.79. The summed E-state index contributed by atoms with van der Waals surface area (Å²) in [5, 5.41) is 7.14. The number of amides is 1. The molecule has 0 radical (unpaired) electrons. The number of carbonyl (C=O) groups excluding carboxylic acids is 1. The molecule has 0 aliphatic heterocycles. The van der Waals surface area contributed by atoms with Gasteiger partial charge in [0.05, 0.1) is 17.1 Å². The van der Waals surface area contributed by atoms with Gasteiger partial charge in [-0.1, -0.05) is 24.3 Å². The van der Waals surface area contributed by atoms with Crippen molar-refractivity contribution < 1.29 is 13.6 Å². The van der Waals surface area contributed by atoms with Gasteiger partial charge in [0.2, 0.25) is 0 Å². The first-order valence-electron chi connectivity index (χ1n) is 10.3. The third-order valence-electron chi connectivity index (χ3n) is 5.45. The van der Waals surface area contributed by atoms with E-state index in [1.165, 1.54) is 16.8 Å². The molecule has 3 heterocycles. The second-order valence-electron chi connectivity index (χ2n) is 7.71. The Balaban J connectivity index is 1.48. The number of rotatable bonds is 4. The van der Waals surface area contributed by atoms with Crippen LogP contribution in [0, 0.1) is 18.6 Å². The number of halogens is 2. The number of pyridine rings is 1. The summed E-state index contributed by atoms with van der Waals surface area (Å²) < 4.78 is 30.7. The first kappa shape index (κ1) is 20.6. The highest BCUT2D eigenvalue weighted by Crippen LogP contribution is 2.29. The maximum Gasteiger partial charge on any atom is 0.273 e. The summed E-state index contributed by atoms with van der Waals surface area (Å²) in [6.07, 6.45) is 3.83. The molecule has 6 nitrogen and oxygen atoms in total. The second kappa shape index (κ2) is 7.98. The molecule has 0 unspecified atom stereocenters. The number of fused-ring (bicyclic) bond motifs is 1. The average molecular weight is 443 g/mol. The molecule has 0 bridgehead atoms. The standard InChI is InChI=1S/C25H19F2N5O/c1-15-6-5-11-32-14-22(28-24(15)32)18-7-3-4-8-20(18)29-25(33)23-13-21(30-31(23)2)17-10-9-16(26)12-19(17)27/h3-14H,1-2H3,(H,29,33). The highest BCUT2D eigenvalue weighted by molar-refractivity contribution is 6.05. The van der Waals surface area contributed by atoms with Gasteiger partial charge in [0.15, 0.2) is 0 Å². The van der Waals surface area contributed by atoms with Crippen molar-refractivity contribution in [1.82, 2.24) is 19.2 Å². The van der Waals surface area contributed by atoms with Crippen LogP contribution >= 0.6 is 0 Å². The molecular formula is C25H19F2N5O. The molecule has 0 saturated heterocycles. The minimum Gasteiger partial charge on any atom is -0.320 e. The molecule has 1 amide bonds. The summed E-state index contributed by atoms with van der Waals surface area (Å²) in [7, 11) is 1.59. The van der Waals surface area contributed by atoms with Crippen LogP contribution in [0.5, 0.6) is 0 Å². The van der Waals surface area contributed by atoms with Crippen LogP contribution < -0.4 is 5.32 Å². The number of nitrogens with zero attached hydrogens (tertiary/aromatic N) is 4. The predicted molar refractivity (Wildman–Crippen MR) is 122 cm³/mol. The van der Waals surface area contributed by atoms with Crippen LogP contribution in [0.15, 0.2) is 73.1 Å². The van der Waals surface area contributed by atoms with Crippen LogP contribution in [0.1, 0.15) is 16.1 Å². The smallest absolute Gasteiger partial charge is 0.273 e. The lowest BCUT2D eigenvalue weighted by atomic mass is 10.1. The average Bonchev–Trinajstić information content (AvgIpc) is 3.39. The Morgan fingerprint density at radius 2 is 1.79 bits per heavy atom. The monoisotopic (exact) mass is 443 g/mol.